The predicted octanol–water partition coefficient (Wildman–Crippen LogP) is 0.761. The third kappa shape index (κ3) is 4.50. The van der Waals surface area contributed by atoms with Crippen molar-refractivity contribution in [1.82, 2.24) is 5.32 Å². The fraction of sp³-hybridized carbons (Fsp3) is 0.778. The van der Waals surface area contributed by atoms with Crippen LogP contribution in [0, 0.1) is 0 Å². The Labute approximate surface area is 89.8 Å². The van der Waals surface area contributed by atoms with E-state index in [1.807, 2.05) is 0 Å². The van der Waals surface area contributed by atoms with E-state index in [0.717, 1.165) is 0 Å². The lowest BCUT2D eigenvalue weighted by molar-refractivity contribution is -0.151. The normalized spacial score (nSPS) is 13.6. The van der Waals surface area contributed by atoms with E-state index in [4.69, 9.17) is 4.74 Å². The van der Waals surface area contributed by atoms with Crippen LogP contribution >= 0.6 is 12.6 Å². The van der Waals surface area contributed by atoms with Gasteiger partial charge in [0.25, 0.3) is 0 Å². The molecule has 1 unspecified atom stereocenters. The highest BCUT2D eigenvalue weighted by molar-refractivity contribution is 7.81. The van der Waals surface area contributed by atoms with E-state index in [-0.39, 0.29) is 6.10 Å². The molecular weight excluding hydrogens is 202 g/mol. The number of hydrogen-bond donors (Lipinski definition) is 2. The van der Waals surface area contributed by atoms with Crippen LogP contribution in [0.4, 0.5) is 0 Å². The van der Waals surface area contributed by atoms with Crippen molar-refractivity contribution >= 4 is 25.0 Å². The smallest absolute Gasteiger partial charge is 0.330 e. The molecule has 82 valence electrons. The van der Waals surface area contributed by atoms with Gasteiger partial charge in [-0.3, -0.25) is 4.79 Å². The number of ether oxygens (including phenoxy) is 1. The number of esters is 1. The number of hydrogen-bond acceptors (Lipinski definition) is 4. The summed E-state index contributed by atoms with van der Waals surface area (Å²) in [5.41, 5.74) is 0. The molecule has 0 saturated carbocycles. The first kappa shape index (κ1) is 13.3. The molecule has 4 nitrogen and oxygen atoms in total. The summed E-state index contributed by atoms with van der Waals surface area (Å²) in [5.74, 6) is -0.466. The van der Waals surface area contributed by atoms with Crippen LogP contribution in [0.25, 0.3) is 0 Å². The second-order valence-electron chi connectivity index (χ2n) is 3.86. The van der Waals surface area contributed by atoms with Gasteiger partial charge in [-0.2, -0.15) is 12.6 Å². The van der Waals surface area contributed by atoms with E-state index in [1.54, 1.807) is 27.7 Å². The van der Waals surface area contributed by atoms with E-state index < -0.39 is 16.8 Å². The summed E-state index contributed by atoms with van der Waals surface area (Å²) in [7, 11) is 0. The van der Waals surface area contributed by atoms with Crippen LogP contribution in [0.1, 0.15) is 27.7 Å². The lowest BCUT2D eigenvalue weighted by atomic mass is 10.0. The molecule has 0 aromatic carbocycles. The average molecular weight is 219 g/mol. The number of rotatable bonds is 5. The first-order chi connectivity index (χ1) is 6.29. The van der Waals surface area contributed by atoms with Crippen LogP contribution in [0.15, 0.2) is 0 Å². The number of nitrogens with one attached hydrogen (secondary N) is 1. The summed E-state index contributed by atoms with van der Waals surface area (Å²) in [5, 5.41) is 2.40. The SMILES string of the molecule is CC(C)OC(=O)C(NC=O)C(C)(C)S. The molecular formula is C9H17NO3S. The highest BCUT2D eigenvalue weighted by Gasteiger charge is 2.33. The van der Waals surface area contributed by atoms with Crippen molar-refractivity contribution in [2.75, 3.05) is 0 Å². The van der Waals surface area contributed by atoms with Crippen molar-refractivity contribution in [1.29, 1.82) is 0 Å². The highest BCUT2D eigenvalue weighted by Crippen LogP contribution is 2.18. The minimum Gasteiger partial charge on any atom is -0.461 e. The van der Waals surface area contributed by atoms with E-state index in [9.17, 15) is 9.59 Å². The maximum atomic E-state index is 11.5. The van der Waals surface area contributed by atoms with Crippen LogP contribution in [0.5, 0.6) is 0 Å². The molecule has 5 heteroatoms. The Hall–Kier alpha value is -0.710. The molecule has 0 rings (SSSR count). The predicted molar refractivity (Wildman–Crippen MR) is 57.3 cm³/mol. The minimum atomic E-state index is -0.731. The molecule has 0 spiro atoms. The zero-order valence-corrected chi connectivity index (χ0v) is 9.80. The molecule has 0 aromatic heterocycles. The van der Waals surface area contributed by atoms with Gasteiger partial charge in [0.15, 0.2) is 0 Å². The molecule has 0 aliphatic carbocycles. The van der Waals surface area contributed by atoms with E-state index in [0.29, 0.717) is 6.41 Å². The maximum absolute atomic E-state index is 11.5. The monoisotopic (exact) mass is 219 g/mol. The molecule has 0 fully saturated rings. The fourth-order valence-corrected chi connectivity index (χ4v) is 1.11. The van der Waals surface area contributed by atoms with Gasteiger partial charge in [-0.05, 0) is 27.7 Å². The van der Waals surface area contributed by atoms with Crippen LogP contribution < -0.4 is 5.32 Å². The Kier molecular flexibility index (Phi) is 4.97. The Morgan fingerprint density at radius 2 is 2.00 bits per heavy atom. The molecule has 0 heterocycles. The summed E-state index contributed by atoms with van der Waals surface area (Å²) in [6.45, 7) is 6.97. The molecule has 0 radical (unpaired) electrons. The van der Waals surface area contributed by atoms with Gasteiger partial charge in [0.1, 0.15) is 6.04 Å². The lowest BCUT2D eigenvalue weighted by Crippen LogP contribution is -2.50. The number of carbonyl (C=O) groups is 2. The van der Waals surface area contributed by atoms with Crippen molar-refractivity contribution in [3.63, 3.8) is 0 Å². The first-order valence-corrected chi connectivity index (χ1v) is 4.86. The van der Waals surface area contributed by atoms with Gasteiger partial charge in [-0.15, -0.1) is 0 Å². The molecule has 0 aliphatic heterocycles. The molecule has 0 aromatic rings. The molecule has 0 bridgehead atoms. The molecule has 1 atom stereocenters. The van der Waals surface area contributed by atoms with Crippen molar-refractivity contribution in [2.24, 2.45) is 0 Å². The highest BCUT2D eigenvalue weighted by atomic mass is 32.1. The standard InChI is InChI=1S/C9H17NO3S/c1-6(2)13-8(12)7(10-5-11)9(3,4)14/h5-7,14H,1-4H3,(H,10,11). The third-order valence-corrected chi connectivity index (χ3v) is 1.79. The fourth-order valence-electron chi connectivity index (χ4n) is 0.929. The second-order valence-corrected chi connectivity index (χ2v) is 5.01. The van der Waals surface area contributed by atoms with Gasteiger partial charge in [0.05, 0.1) is 6.10 Å². The number of thiol groups is 1. The van der Waals surface area contributed by atoms with Gasteiger partial charge in [-0.1, -0.05) is 0 Å². The largest absolute Gasteiger partial charge is 0.461 e. The zero-order valence-electron chi connectivity index (χ0n) is 8.90. The van der Waals surface area contributed by atoms with Crippen molar-refractivity contribution in [3.05, 3.63) is 0 Å². The topological polar surface area (TPSA) is 55.4 Å². The maximum Gasteiger partial charge on any atom is 0.330 e. The van der Waals surface area contributed by atoms with Gasteiger partial charge in [0, 0.05) is 4.75 Å². The Bertz CT molecular complexity index is 211. The molecule has 1 amide bonds. The summed E-state index contributed by atoms with van der Waals surface area (Å²) in [6, 6.07) is -0.731. The first-order valence-electron chi connectivity index (χ1n) is 4.41. The Morgan fingerprint density at radius 1 is 1.50 bits per heavy atom. The zero-order chi connectivity index (χ0) is 11.4. The van der Waals surface area contributed by atoms with Crippen LogP contribution in [-0.4, -0.2) is 29.3 Å². The van der Waals surface area contributed by atoms with Crippen LogP contribution in [0.2, 0.25) is 0 Å². The second kappa shape index (κ2) is 5.24. The van der Waals surface area contributed by atoms with Crippen LogP contribution in [0.3, 0.4) is 0 Å². The Balaban J connectivity index is 4.49. The van der Waals surface area contributed by atoms with Gasteiger partial charge in [-0.25, -0.2) is 4.79 Å². The van der Waals surface area contributed by atoms with Crippen LogP contribution in [-0.2, 0) is 14.3 Å². The summed E-state index contributed by atoms with van der Waals surface area (Å²) < 4.78 is 4.34. The van der Waals surface area contributed by atoms with E-state index >= 15 is 0 Å². The average Bonchev–Trinajstić information content (AvgIpc) is 1.96. The Morgan fingerprint density at radius 3 is 2.29 bits per heavy atom. The number of amides is 1. The summed E-state index contributed by atoms with van der Waals surface area (Å²) >= 11 is 4.22. The van der Waals surface area contributed by atoms with Gasteiger partial charge >= 0.3 is 5.97 Å². The third-order valence-electron chi connectivity index (χ3n) is 1.53. The molecule has 1 N–H and O–H groups in total. The van der Waals surface area contributed by atoms with Crippen molar-refractivity contribution in [3.8, 4) is 0 Å². The molecule has 0 aliphatic rings. The van der Waals surface area contributed by atoms with E-state index in [2.05, 4.69) is 17.9 Å². The van der Waals surface area contributed by atoms with Crippen molar-refractivity contribution in [2.45, 2.75) is 44.6 Å². The number of carbonyl (C=O) groups excluding carboxylic acids is 2. The van der Waals surface area contributed by atoms with E-state index in [1.165, 1.54) is 0 Å². The molecule has 14 heavy (non-hydrogen) atoms. The van der Waals surface area contributed by atoms with Gasteiger partial charge in [0.2, 0.25) is 6.41 Å². The minimum absolute atomic E-state index is 0.200. The summed E-state index contributed by atoms with van der Waals surface area (Å²) in [6.07, 6.45) is 0.277. The van der Waals surface area contributed by atoms with Gasteiger partial charge < -0.3 is 10.1 Å². The quantitative estimate of drug-likeness (QED) is 0.408. The summed E-state index contributed by atoms with van der Waals surface area (Å²) in [4.78, 5) is 21.8. The molecule has 0 saturated heterocycles. The van der Waals surface area contributed by atoms with Crippen molar-refractivity contribution < 1.29 is 14.3 Å². The lowest BCUT2D eigenvalue weighted by Gasteiger charge is -2.27.